The second-order valence-electron chi connectivity index (χ2n) is 9.71. The Balaban J connectivity index is 1.56. The number of amidine groups is 1. The van der Waals surface area contributed by atoms with Crippen LogP contribution in [0.5, 0.6) is 0 Å². The summed E-state index contributed by atoms with van der Waals surface area (Å²) in [7, 11) is 0. The van der Waals surface area contributed by atoms with E-state index in [2.05, 4.69) is 4.99 Å². The van der Waals surface area contributed by atoms with E-state index >= 15 is 0 Å². The molecule has 8 nitrogen and oxygen atoms in total. The van der Waals surface area contributed by atoms with Crippen molar-refractivity contribution in [2.24, 2.45) is 9.98 Å². The van der Waals surface area contributed by atoms with Crippen molar-refractivity contribution in [2.75, 3.05) is 0 Å². The fraction of sp³-hybridized carbons (Fsp3) is 0.560. The Labute approximate surface area is 193 Å². The number of hydrogen-bond acceptors (Lipinski definition) is 5. The first-order valence-corrected chi connectivity index (χ1v) is 12.1. The van der Waals surface area contributed by atoms with Crippen LogP contribution in [0.4, 0.5) is 4.79 Å². The minimum absolute atomic E-state index is 0.0260. The van der Waals surface area contributed by atoms with E-state index in [1.807, 2.05) is 11.8 Å². The summed E-state index contributed by atoms with van der Waals surface area (Å²) in [5, 5.41) is 9.19. The zero-order chi connectivity index (χ0) is 23.2. The molecule has 1 saturated heterocycles. The predicted molar refractivity (Wildman–Crippen MR) is 124 cm³/mol. The first kappa shape index (κ1) is 21.8. The minimum Gasteiger partial charge on any atom is -0.478 e. The molecule has 2 aliphatic heterocycles. The predicted octanol–water partition coefficient (Wildman–Crippen LogP) is 4.23. The Morgan fingerprint density at radius 1 is 0.939 bits per heavy atom. The fourth-order valence-corrected chi connectivity index (χ4v) is 5.82. The summed E-state index contributed by atoms with van der Waals surface area (Å²) in [6, 6.07) is 6.03. The molecule has 3 amide bonds. The van der Waals surface area contributed by atoms with Gasteiger partial charge in [0.15, 0.2) is 17.2 Å². The number of aliphatic imine (C=N–C) groups is 2. The molecule has 5 rings (SSSR count). The van der Waals surface area contributed by atoms with Crippen LogP contribution in [0, 0.1) is 0 Å². The number of fused-ring (bicyclic) bond motifs is 1. The number of carboxylic acids is 1. The topological polar surface area (TPSA) is 103 Å². The highest BCUT2D eigenvalue weighted by Crippen LogP contribution is 2.39. The van der Waals surface area contributed by atoms with Gasteiger partial charge in [-0.15, -0.1) is 0 Å². The van der Waals surface area contributed by atoms with Crippen LogP contribution in [-0.4, -0.2) is 62.1 Å². The molecule has 3 fully saturated rings. The van der Waals surface area contributed by atoms with Gasteiger partial charge in [-0.25, -0.2) is 19.6 Å². The molecule has 174 valence electrons. The number of imide groups is 1. The Hall–Kier alpha value is -3.03. The van der Waals surface area contributed by atoms with Gasteiger partial charge in [-0.3, -0.25) is 14.6 Å². The maximum atomic E-state index is 13.9. The summed E-state index contributed by atoms with van der Waals surface area (Å²) in [4.78, 5) is 51.6. The van der Waals surface area contributed by atoms with Crippen LogP contribution < -0.4 is 0 Å². The van der Waals surface area contributed by atoms with Gasteiger partial charge in [0, 0.05) is 17.6 Å². The van der Waals surface area contributed by atoms with Gasteiger partial charge in [-0.2, -0.15) is 0 Å². The Bertz CT molecular complexity index is 1030. The fourth-order valence-electron chi connectivity index (χ4n) is 5.82. The summed E-state index contributed by atoms with van der Waals surface area (Å²) in [5.74, 6) is -0.964. The summed E-state index contributed by atoms with van der Waals surface area (Å²) in [6.45, 7) is 1.83. The van der Waals surface area contributed by atoms with E-state index in [1.54, 1.807) is 12.1 Å². The largest absolute Gasteiger partial charge is 0.478 e. The number of benzene rings is 1. The zero-order valence-corrected chi connectivity index (χ0v) is 19.0. The minimum atomic E-state index is -1.14. The van der Waals surface area contributed by atoms with Gasteiger partial charge in [0.1, 0.15) is 0 Å². The smallest absolute Gasteiger partial charge is 0.335 e. The maximum Gasteiger partial charge on any atom is 0.335 e. The van der Waals surface area contributed by atoms with E-state index < -0.39 is 11.6 Å². The van der Waals surface area contributed by atoms with E-state index in [0.29, 0.717) is 17.1 Å². The van der Waals surface area contributed by atoms with Gasteiger partial charge < -0.3 is 5.11 Å². The van der Waals surface area contributed by atoms with Crippen molar-refractivity contribution in [3.05, 3.63) is 35.4 Å². The van der Waals surface area contributed by atoms with E-state index in [0.717, 1.165) is 64.2 Å². The molecule has 1 aromatic rings. The standard InChI is InChI=1S/C25H30N4O4/c1-25-20(26-21(27-25)16-12-14-17(15-13-16)23(31)32)22(30)28(18-8-4-2-5-9-18)24(33)29(25)19-10-6-3-7-11-19/h12-15,18-19H,2-11H2,1H3,(H,31,32). The number of carbonyl (C=O) groups excluding carboxylic acids is 2. The zero-order valence-electron chi connectivity index (χ0n) is 19.0. The molecular formula is C25H30N4O4. The lowest BCUT2D eigenvalue weighted by atomic mass is 9.88. The second-order valence-corrected chi connectivity index (χ2v) is 9.71. The number of hydrogen-bond donors (Lipinski definition) is 1. The van der Waals surface area contributed by atoms with E-state index in [9.17, 15) is 19.5 Å². The van der Waals surface area contributed by atoms with Crippen molar-refractivity contribution in [1.29, 1.82) is 0 Å². The highest BCUT2D eigenvalue weighted by Gasteiger charge is 2.57. The van der Waals surface area contributed by atoms with Crippen molar-refractivity contribution in [3.63, 3.8) is 0 Å². The molecular weight excluding hydrogens is 420 g/mol. The quantitative estimate of drug-likeness (QED) is 0.741. The van der Waals surface area contributed by atoms with Crippen LogP contribution in [0.3, 0.4) is 0 Å². The summed E-state index contributed by atoms with van der Waals surface area (Å²) >= 11 is 0. The Morgan fingerprint density at radius 2 is 1.52 bits per heavy atom. The van der Waals surface area contributed by atoms with Crippen LogP contribution in [-0.2, 0) is 4.79 Å². The summed E-state index contributed by atoms with van der Waals surface area (Å²) in [5.41, 5.74) is -0.0266. The molecule has 0 radical (unpaired) electrons. The van der Waals surface area contributed by atoms with Gasteiger partial charge in [0.2, 0.25) is 0 Å². The van der Waals surface area contributed by atoms with Gasteiger partial charge in [-0.05, 0) is 44.7 Å². The number of carboxylic acid groups (broad SMARTS) is 1. The number of carbonyl (C=O) groups is 3. The van der Waals surface area contributed by atoms with Crippen LogP contribution in [0.15, 0.2) is 34.3 Å². The first-order valence-electron chi connectivity index (χ1n) is 12.1. The Kier molecular flexibility index (Phi) is 5.54. The molecule has 33 heavy (non-hydrogen) atoms. The van der Waals surface area contributed by atoms with Gasteiger partial charge in [0.25, 0.3) is 5.91 Å². The lowest BCUT2D eigenvalue weighted by molar-refractivity contribution is -0.127. The third kappa shape index (κ3) is 3.65. The molecule has 0 spiro atoms. The number of nitrogens with zero attached hydrogens (tertiary/aromatic N) is 4. The monoisotopic (exact) mass is 450 g/mol. The molecule has 8 heteroatoms. The van der Waals surface area contributed by atoms with E-state index in [1.165, 1.54) is 17.0 Å². The lowest BCUT2D eigenvalue weighted by Gasteiger charge is -2.50. The van der Waals surface area contributed by atoms with Crippen molar-refractivity contribution in [1.82, 2.24) is 9.80 Å². The van der Waals surface area contributed by atoms with Crippen molar-refractivity contribution in [2.45, 2.75) is 88.9 Å². The van der Waals surface area contributed by atoms with Crippen molar-refractivity contribution < 1.29 is 19.5 Å². The molecule has 2 aliphatic carbocycles. The molecule has 4 aliphatic rings. The van der Waals surface area contributed by atoms with Crippen molar-refractivity contribution >= 4 is 29.5 Å². The number of amides is 3. The van der Waals surface area contributed by atoms with E-state index in [4.69, 9.17) is 4.99 Å². The first-order chi connectivity index (χ1) is 15.9. The van der Waals surface area contributed by atoms with Gasteiger partial charge >= 0.3 is 12.0 Å². The number of rotatable bonds is 4. The van der Waals surface area contributed by atoms with Crippen LogP contribution >= 0.6 is 0 Å². The second kappa shape index (κ2) is 8.39. The highest BCUT2D eigenvalue weighted by atomic mass is 16.4. The molecule has 1 atom stereocenters. The third-order valence-electron chi connectivity index (χ3n) is 7.56. The molecule has 2 heterocycles. The van der Waals surface area contributed by atoms with Gasteiger partial charge in [0.05, 0.1) is 5.56 Å². The van der Waals surface area contributed by atoms with E-state index in [-0.39, 0.29) is 29.6 Å². The highest BCUT2D eigenvalue weighted by molar-refractivity contribution is 6.49. The Morgan fingerprint density at radius 3 is 2.09 bits per heavy atom. The molecule has 0 bridgehead atoms. The van der Waals surface area contributed by atoms with Crippen molar-refractivity contribution in [3.8, 4) is 0 Å². The molecule has 1 aromatic carbocycles. The molecule has 0 aromatic heterocycles. The molecule has 1 N–H and O–H groups in total. The normalized spacial score (nSPS) is 26.8. The van der Waals surface area contributed by atoms with Crippen LogP contribution in [0.1, 0.15) is 87.1 Å². The lowest BCUT2D eigenvalue weighted by Crippen LogP contribution is -2.71. The average Bonchev–Trinajstić information content (AvgIpc) is 3.19. The number of aromatic carboxylic acids is 1. The average molecular weight is 451 g/mol. The third-order valence-corrected chi connectivity index (χ3v) is 7.56. The maximum absolute atomic E-state index is 13.9. The summed E-state index contributed by atoms with van der Waals surface area (Å²) in [6.07, 6.45) is 9.93. The summed E-state index contributed by atoms with van der Waals surface area (Å²) < 4.78 is 0. The molecule has 2 saturated carbocycles. The number of urea groups is 1. The van der Waals surface area contributed by atoms with Gasteiger partial charge in [-0.1, -0.05) is 50.7 Å². The SMILES string of the molecule is CC12N=C(c3ccc(C(=O)O)cc3)N=C1C(=O)N(C1CCCCC1)C(=O)N2C1CCCCC1. The van der Waals surface area contributed by atoms with Crippen LogP contribution in [0.25, 0.3) is 0 Å². The molecule has 1 unspecified atom stereocenters. The van der Waals surface area contributed by atoms with Crippen LogP contribution in [0.2, 0.25) is 0 Å².